The number of esters is 1. The van der Waals surface area contributed by atoms with E-state index in [1.807, 2.05) is 0 Å². The first-order valence-electron chi connectivity index (χ1n) is 5.35. The second kappa shape index (κ2) is 5.14. The molecule has 0 aromatic carbocycles. The number of rotatable bonds is 2. The van der Waals surface area contributed by atoms with Crippen molar-refractivity contribution in [2.75, 3.05) is 21.2 Å². The molecule has 15 heavy (non-hydrogen) atoms. The summed E-state index contributed by atoms with van der Waals surface area (Å²) in [5.74, 6) is 0.145. The SMILES string of the molecule is COC(=O)C1CCC(C(=O)N(C)C)CC1. The third kappa shape index (κ3) is 2.94. The van der Waals surface area contributed by atoms with Crippen LogP contribution in [0.5, 0.6) is 0 Å². The molecule has 0 aliphatic heterocycles. The van der Waals surface area contributed by atoms with Crippen LogP contribution < -0.4 is 0 Å². The standard InChI is InChI=1S/C11H19NO3/c1-12(2)10(13)8-4-6-9(7-5-8)11(14)15-3/h8-9H,4-7H2,1-3H3. The first-order chi connectivity index (χ1) is 7.06. The van der Waals surface area contributed by atoms with Crippen molar-refractivity contribution in [3.63, 3.8) is 0 Å². The van der Waals surface area contributed by atoms with E-state index < -0.39 is 0 Å². The third-order valence-electron chi connectivity index (χ3n) is 3.05. The number of hydrogen-bond acceptors (Lipinski definition) is 3. The van der Waals surface area contributed by atoms with Crippen molar-refractivity contribution in [2.45, 2.75) is 25.7 Å². The molecule has 1 saturated carbocycles. The minimum absolute atomic E-state index is 0.00112. The highest BCUT2D eigenvalue weighted by atomic mass is 16.5. The normalized spacial score (nSPS) is 25.8. The first kappa shape index (κ1) is 12.0. The Morgan fingerprint density at radius 2 is 1.53 bits per heavy atom. The van der Waals surface area contributed by atoms with Gasteiger partial charge in [-0.15, -0.1) is 0 Å². The van der Waals surface area contributed by atoms with E-state index in [4.69, 9.17) is 4.74 Å². The first-order valence-corrected chi connectivity index (χ1v) is 5.35. The molecule has 4 nitrogen and oxygen atoms in total. The molecule has 1 aliphatic carbocycles. The molecule has 1 rings (SSSR count). The van der Waals surface area contributed by atoms with Gasteiger partial charge in [-0.05, 0) is 25.7 Å². The Hall–Kier alpha value is -1.06. The molecule has 1 aliphatic rings. The van der Waals surface area contributed by atoms with Crippen molar-refractivity contribution in [2.24, 2.45) is 11.8 Å². The Balaban J connectivity index is 2.42. The zero-order valence-electron chi connectivity index (χ0n) is 9.66. The lowest BCUT2D eigenvalue weighted by atomic mass is 9.81. The van der Waals surface area contributed by atoms with E-state index in [1.54, 1.807) is 19.0 Å². The lowest BCUT2D eigenvalue weighted by Crippen LogP contribution is -2.33. The summed E-state index contributed by atoms with van der Waals surface area (Å²) in [6.07, 6.45) is 3.15. The second-order valence-corrected chi connectivity index (χ2v) is 4.30. The molecule has 0 unspecified atom stereocenters. The van der Waals surface area contributed by atoms with Gasteiger partial charge in [-0.3, -0.25) is 9.59 Å². The second-order valence-electron chi connectivity index (χ2n) is 4.30. The smallest absolute Gasteiger partial charge is 0.308 e. The average Bonchev–Trinajstić information content (AvgIpc) is 2.27. The zero-order chi connectivity index (χ0) is 11.4. The Bertz CT molecular complexity index is 242. The average molecular weight is 213 g/mol. The zero-order valence-corrected chi connectivity index (χ0v) is 9.66. The van der Waals surface area contributed by atoms with Crippen molar-refractivity contribution in [3.8, 4) is 0 Å². The van der Waals surface area contributed by atoms with Gasteiger partial charge in [-0.2, -0.15) is 0 Å². The molecule has 0 saturated heterocycles. The lowest BCUT2D eigenvalue weighted by molar-refractivity contribution is -0.148. The predicted octanol–water partition coefficient (Wildman–Crippen LogP) is 1.05. The fraction of sp³-hybridized carbons (Fsp3) is 0.818. The highest BCUT2D eigenvalue weighted by Crippen LogP contribution is 2.30. The quantitative estimate of drug-likeness (QED) is 0.644. The van der Waals surface area contributed by atoms with Crippen molar-refractivity contribution < 1.29 is 14.3 Å². The van der Waals surface area contributed by atoms with E-state index in [9.17, 15) is 9.59 Å². The molecule has 0 spiro atoms. The van der Waals surface area contributed by atoms with Crippen LogP contribution in [0.3, 0.4) is 0 Å². The van der Waals surface area contributed by atoms with Crippen LogP contribution in [0.25, 0.3) is 0 Å². The van der Waals surface area contributed by atoms with E-state index in [0.717, 1.165) is 25.7 Å². The van der Waals surface area contributed by atoms with E-state index in [1.165, 1.54) is 7.11 Å². The van der Waals surface area contributed by atoms with Crippen LogP contribution in [0.2, 0.25) is 0 Å². The van der Waals surface area contributed by atoms with Crippen LogP contribution in [-0.4, -0.2) is 38.0 Å². The fourth-order valence-electron chi connectivity index (χ4n) is 2.11. The van der Waals surface area contributed by atoms with Gasteiger partial charge in [0.05, 0.1) is 13.0 Å². The summed E-state index contributed by atoms with van der Waals surface area (Å²) in [5.41, 5.74) is 0. The molecule has 0 bridgehead atoms. The number of ether oxygens (including phenoxy) is 1. The number of nitrogens with zero attached hydrogens (tertiary/aromatic N) is 1. The van der Waals surface area contributed by atoms with Gasteiger partial charge < -0.3 is 9.64 Å². The van der Waals surface area contributed by atoms with Crippen LogP contribution in [0.1, 0.15) is 25.7 Å². The number of carbonyl (C=O) groups is 2. The number of carbonyl (C=O) groups excluding carboxylic acids is 2. The number of methoxy groups -OCH3 is 1. The van der Waals surface area contributed by atoms with Gasteiger partial charge in [-0.1, -0.05) is 0 Å². The van der Waals surface area contributed by atoms with Gasteiger partial charge in [-0.25, -0.2) is 0 Å². The van der Waals surface area contributed by atoms with E-state index in [0.29, 0.717) is 0 Å². The van der Waals surface area contributed by atoms with Gasteiger partial charge >= 0.3 is 5.97 Å². The molecule has 0 heterocycles. The van der Waals surface area contributed by atoms with E-state index >= 15 is 0 Å². The van der Waals surface area contributed by atoms with Gasteiger partial charge in [0.25, 0.3) is 0 Å². The summed E-state index contributed by atoms with van der Waals surface area (Å²) in [6.45, 7) is 0. The monoisotopic (exact) mass is 213 g/mol. The summed E-state index contributed by atoms with van der Waals surface area (Å²) >= 11 is 0. The van der Waals surface area contributed by atoms with Crippen molar-refractivity contribution >= 4 is 11.9 Å². The van der Waals surface area contributed by atoms with Crippen molar-refractivity contribution in [1.82, 2.24) is 4.90 Å². The molecular formula is C11H19NO3. The van der Waals surface area contributed by atoms with E-state index in [2.05, 4.69) is 0 Å². The molecule has 0 aromatic heterocycles. The number of amides is 1. The summed E-state index contributed by atoms with van der Waals surface area (Å²) in [6, 6.07) is 0. The van der Waals surface area contributed by atoms with Gasteiger partial charge in [0, 0.05) is 20.0 Å². The lowest BCUT2D eigenvalue weighted by Gasteiger charge is -2.27. The highest BCUT2D eigenvalue weighted by molar-refractivity contribution is 5.79. The minimum atomic E-state index is -0.134. The maximum atomic E-state index is 11.7. The Labute approximate surface area is 90.6 Å². The largest absolute Gasteiger partial charge is 0.469 e. The number of hydrogen-bond donors (Lipinski definition) is 0. The topological polar surface area (TPSA) is 46.6 Å². The molecule has 0 atom stereocenters. The highest BCUT2D eigenvalue weighted by Gasteiger charge is 2.30. The molecule has 0 aromatic rings. The van der Waals surface area contributed by atoms with Gasteiger partial charge in [0.15, 0.2) is 0 Å². The van der Waals surface area contributed by atoms with E-state index in [-0.39, 0.29) is 23.7 Å². The summed E-state index contributed by atoms with van der Waals surface area (Å²) in [5, 5.41) is 0. The van der Waals surface area contributed by atoms with Crippen LogP contribution in [0.4, 0.5) is 0 Å². The van der Waals surface area contributed by atoms with Crippen molar-refractivity contribution in [3.05, 3.63) is 0 Å². The molecule has 4 heteroatoms. The summed E-state index contributed by atoms with van der Waals surface area (Å²) < 4.78 is 4.70. The van der Waals surface area contributed by atoms with Gasteiger partial charge in [0.1, 0.15) is 0 Å². The Kier molecular flexibility index (Phi) is 4.12. The van der Waals surface area contributed by atoms with Crippen LogP contribution >= 0.6 is 0 Å². The molecule has 86 valence electrons. The minimum Gasteiger partial charge on any atom is -0.469 e. The molecule has 0 radical (unpaired) electrons. The molecular weight excluding hydrogens is 194 g/mol. The Morgan fingerprint density at radius 3 is 1.93 bits per heavy atom. The van der Waals surface area contributed by atoms with Crippen LogP contribution in [-0.2, 0) is 14.3 Å². The molecule has 0 N–H and O–H groups in total. The van der Waals surface area contributed by atoms with Gasteiger partial charge in [0.2, 0.25) is 5.91 Å². The fourth-order valence-corrected chi connectivity index (χ4v) is 2.11. The molecule has 1 amide bonds. The molecule has 1 fully saturated rings. The summed E-state index contributed by atoms with van der Waals surface area (Å²) in [7, 11) is 4.96. The van der Waals surface area contributed by atoms with Crippen molar-refractivity contribution in [1.29, 1.82) is 0 Å². The summed E-state index contributed by atoms with van der Waals surface area (Å²) in [4.78, 5) is 24.5. The maximum absolute atomic E-state index is 11.7. The van der Waals surface area contributed by atoms with Crippen LogP contribution in [0.15, 0.2) is 0 Å². The Morgan fingerprint density at radius 1 is 1.07 bits per heavy atom. The van der Waals surface area contributed by atoms with Crippen LogP contribution in [0, 0.1) is 11.8 Å². The third-order valence-corrected chi connectivity index (χ3v) is 3.05. The maximum Gasteiger partial charge on any atom is 0.308 e. The predicted molar refractivity (Wildman–Crippen MR) is 56.2 cm³/mol.